The summed E-state index contributed by atoms with van der Waals surface area (Å²) in [4.78, 5) is 14.3. The van der Waals surface area contributed by atoms with Gasteiger partial charge >= 0.3 is 0 Å². The zero-order valence-corrected chi connectivity index (χ0v) is 35.0. The molecular formula is C59H36N6. The van der Waals surface area contributed by atoms with E-state index in [1.807, 2.05) is 60.7 Å². The van der Waals surface area contributed by atoms with E-state index in [9.17, 15) is 0 Å². The predicted octanol–water partition coefficient (Wildman–Crippen LogP) is 15.3. The molecular weight excluding hydrogens is 793 g/mol. The molecule has 0 amide bonds. The lowest BCUT2D eigenvalue weighted by atomic mass is 10.1. The maximum absolute atomic E-state index is 8.65. The van der Waals surface area contributed by atoms with Crippen LogP contribution in [0, 0.1) is 6.57 Å². The molecule has 6 nitrogen and oxygen atoms in total. The number of hydrogen-bond donors (Lipinski definition) is 0. The molecule has 13 rings (SSSR count). The third kappa shape index (κ3) is 5.73. The molecule has 0 unspecified atom stereocenters. The Morgan fingerprint density at radius 1 is 0.323 bits per heavy atom. The van der Waals surface area contributed by atoms with Gasteiger partial charge in [0.05, 0.1) is 56.7 Å². The van der Waals surface area contributed by atoms with E-state index in [2.05, 4.69) is 176 Å². The van der Waals surface area contributed by atoms with Crippen LogP contribution in [0.5, 0.6) is 0 Å². The Hall–Kier alpha value is -9.05. The van der Waals surface area contributed by atoms with Gasteiger partial charge in [-0.2, -0.15) is 0 Å². The molecule has 0 atom stereocenters. The van der Waals surface area contributed by atoms with Gasteiger partial charge in [0, 0.05) is 54.8 Å². The fourth-order valence-corrected chi connectivity index (χ4v) is 9.97. The molecule has 6 heteroatoms. The van der Waals surface area contributed by atoms with Crippen LogP contribution in [-0.4, -0.2) is 23.7 Å². The molecule has 0 fully saturated rings. The number of aromatic nitrogens is 5. The molecule has 0 aliphatic heterocycles. The lowest BCUT2D eigenvalue weighted by Gasteiger charge is -2.14. The summed E-state index contributed by atoms with van der Waals surface area (Å²) in [6, 6.07) is 76.5. The Morgan fingerprint density at radius 3 is 1.22 bits per heavy atom. The van der Waals surface area contributed by atoms with Crippen molar-refractivity contribution in [1.82, 2.24) is 23.7 Å². The molecule has 4 aromatic heterocycles. The molecule has 4 heterocycles. The van der Waals surface area contributed by atoms with Crippen LogP contribution in [0.25, 0.3) is 121 Å². The van der Waals surface area contributed by atoms with Crippen LogP contribution < -0.4 is 0 Å². The molecule has 0 aliphatic carbocycles. The van der Waals surface area contributed by atoms with E-state index in [-0.39, 0.29) is 0 Å². The number of fused-ring (bicyclic) bond motifs is 9. The van der Waals surface area contributed by atoms with Crippen LogP contribution in [-0.2, 0) is 0 Å². The highest BCUT2D eigenvalue weighted by Gasteiger charge is 2.21. The van der Waals surface area contributed by atoms with Crippen LogP contribution in [0.2, 0.25) is 0 Å². The SMILES string of the molecule is [C-]#[N+]c1cc(-c2cc(-c3ccccc3)nc(-c3ccccc3)n2)ccc1-n1c2ccc(-n3c4ccccc4c4ccccc43)cc2c2cc(-n3c4ccccc4c4ccccc43)ccc21. The molecule has 0 bridgehead atoms. The maximum Gasteiger partial charge on any atom is 0.211 e. The highest BCUT2D eigenvalue weighted by atomic mass is 15.0. The first kappa shape index (κ1) is 36.6. The minimum absolute atomic E-state index is 0.528. The Balaban J connectivity index is 1.05. The average Bonchev–Trinajstić information content (AvgIpc) is 4.02. The molecule has 9 aromatic carbocycles. The Morgan fingerprint density at radius 2 is 0.738 bits per heavy atom. The quantitative estimate of drug-likeness (QED) is 0.157. The summed E-state index contributed by atoms with van der Waals surface area (Å²) in [5, 5.41) is 7.07. The van der Waals surface area contributed by atoms with Crippen molar-refractivity contribution in [2.24, 2.45) is 0 Å². The number of para-hydroxylation sites is 4. The molecule has 0 N–H and O–H groups in total. The number of benzene rings is 9. The van der Waals surface area contributed by atoms with E-state index < -0.39 is 0 Å². The lowest BCUT2D eigenvalue weighted by molar-refractivity contribution is 1.16. The van der Waals surface area contributed by atoms with Crippen molar-refractivity contribution in [1.29, 1.82) is 0 Å². The van der Waals surface area contributed by atoms with Gasteiger partial charge in [0.1, 0.15) is 0 Å². The van der Waals surface area contributed by atoms with Crippen molar-refractivity contribution in [3.8, 4) is 51.0 Å². The van der Waals surface area contributed by atoms with Crippen LogP contribution in [0.1, 0.15) is 0 Å². The van der Waals surface area contributed by atoms with Crippen LogP contribution in [0.15, 0.2) is 218 Å². The average molecular weight is 829 g/mol. The maximum atomic E-state index is 8.65. The zero-order chi connectivity index (χ0) is 43.0. The van der Waals surface area contributed by atoms with E-state index in [0.29, 0.717) is 11.5 Å². The van der Waals surface area contributed by atoms with Gasteiger partial charge in [0.2, 0.25) is 5.69 Å². The highest BCUT2D eigenvalue weighted by molar-refractivity contribution is 6.14. The second kappa shape index (κ2) is 14.5. The minimum atomic E-state index is 0.528. The Kier molecular flexibility index (Phi) is 8.17. The molecule has 0 radical (unpaired) electrons. The Labute approximate surface area is 374 Å². The number of nitrogens with zero attached hydrogens (tertiary/aromatic N) is 6. The third-order valence-corrected chi connectivity index (χ3v) is 12.9. The van der Waals surface area contributed by atoms with E-state index in [0.717, 1.165) is 89.0 Å². The summed E-state index contributed by atoms with van der Waals surface area (Å²) < 4.78 is 7.01. The van der Waals surface area contributed by atoms with Crippen LogP contribution in [0.4, 0.5) is 5.69 Å². The summed E-state index contributed by atoms with van der Waals surface area (Å²) in [7, 11) is 0. The minimum Gasteiger partial charge on any atom is -0.319 e. The van der Waals surface area contributed by atoms with Gasteiger partial charge < -0.3 is 13.7 Å². The standard InChI is InChI=1S/C59H36N6/c1-60-51-34-40(50-37-49(38-16-4-2-5-17-38)61-59(62-50)39-18-6-3-7-19-39)28-31-58(51)65-56-32-29-41(63-52-24-12-8-20-43(52)44-21-9-13-25-53(44)63)35-47(56)48-36-42(30-33-57(48)65)64-54-26-14-10-22-45(54)46-23-11-15-27-55(46)64/h2-37H. The van der Waals surface area contributed by atoms with Gasteiger partial charge in [-0.3, -0.25) is 0 Å². The van der Waals surface area contributed by atoms with Crippen molar-refractivity contribution in [3.05, 3.63) is 230 Å². The molecule has 65 heavy (non-hydrogen) atoms. The highest BCUT2D eigenvalue weighted by Crippen LogP contribution is 2.42. The monoisotopic (exact) mass is 828 g/mol. The van der Waals surface area contributed by atoms with Gasteiger partial charge in [-0.15, -0.1) is 0 Å². The van der Waals surface area contributed by atoms with Crippen LogP contribution >= 0.6 is 0 Å². The molecule has 302 valence electrons. The zero-order valence-electron chi connectivity index (χ0n) is 35.0. The first-order chi connectivity index (χ1) is 32.2. The van der Waals surface area contributed by atoms with Crippen molar-refractivity contribution in [2.45, 2.75) is 0 Å². The summed E-state index contributed by atoms with van der Waals surface area (Å²) in [6.45, 7) is 8.65. The summed E-state index contributed by atoms with van der Waals surface area (Å²) >= 11 is 0. The van der Waals surface area contributed by atoms with E-state index in [1.54, 1.807) is 0 Å². The van der Waals surface area contributed by atoms with Gasteiger partial charge in [-0.05, 0) is 84.4 Å². The Bertz CT molecular complexity index is 3740. The van der Waals surface area contributed by atoms with Crippen molar-refractivity contribution in [3.63, 3.8) is 0 Å². The lowest BCUT2D eigenvalue weighted by Crippen LogP contribution is -1.98. The smallest absolute Gasteiger partial charge is 0.211 e. The third-order valence-electron chi connectivity index (χ3n) is 12.9. The van der Waals surface area contributed by atoms with Gasteiger partial charge in [-0.1, -0.05) is 140 Å². The van der Waals surface area contributed by atoms with Gasteiger partial charge in [0.15, 0.2) is 5.82 Å². The largest absolute Gasteiger partial charge is 0.319 e. The van der Waals surface area contributed by atoms with E-state index in [4.69, 9.17) is 16.5 Å². The molecule has 0 spiro atoms. The normalized spacial score (nSPS) is 11.7. The van der Waals surface area contributed by atoms with Crippen molar-refractivity contribution < 1.29 is 0 Å². The van der Waals surface area contributed by atoms with Crippen molar-refractivity contribution in [2.75, 3.05) is 0 Å². The fourth-order valence-electron chi connectivity index (χ4n) is 9.97. The molecule has 13 aromatic rings. The second-order valence-electron chi connectivity index (χ2n) is 16.5. The van der Waals surface area contributed by atoms with Gasteiger partial charge in [-0.25, -0.2) is 14.8 Å². The van der Waals surface area contributed by atoms with E-state index in [1.165, 1.54) is 21.5 Å². The summed E-state index contributed by atoms with van der Waals surface area (Å²) in [6.07, 6.45) is 0. The first-order valence-corrected chi connectivity index (χ1v) is 21.8. The van der Waals surface area contributed by atoms with Crippen LogP contribution in [0.3, 0.4) is 0 Å². The molecule has 0 saturated heterocycles. The van der Waals surface area contributed by atoms with E-state index >= 15 is 0 Å². The molecule has 0 saturated carbocycles. The van der Waals surface area contributed by atoms with Gasteiger partial charge in [0.25, 0.3) is 0 Å². The first-order valence-electron chi connectivity index (χ1n) is 21.8. The number of hydrogen-bond acceptors (Lipinski definition) is 2. The summed E-state index contributed by atoms with van der Waals surface area (Å²) in [5.41, 5.74) is 14.5. The summed E-state index contributed by atoms with van der Waals surface area (Å²) in [5.74, 6) is 0.635. The second-order valence-corrected chi connectivity index (χ2v) is 16.5. The fraction of sp³-hybridized carbons (Fsp3) is 0. The topological polar surface area (TPSA) is 44.9 Å². The number of rotatable bonds is 6. The van der Waals surface area contributed by atoms with Crippen molar-refractivity contribution >= 4 is 71.1 Å². The molecule has 0 aliphatic rings. The predicted molar refractivity (Wildman–Crippen MR) is 268 cm³/mol.